The zero-order chi connectivity index (χ0) is 8.55. The molecule has 0 spiro atoms. The van der Waals surface area contributed by atoms with Gasteiger partial charge in [0.25, 0.3) is 5.56 Å². The first kappa shape index (κ1) is 7.15. The van der Waals surface area contributed by atoms with Gasteiger partial charge in [-0.15, -0.1) is 0 Å². The van der Waals surface area contributed by atoms with Crippen molar-refractivity contribution in [2.24, 2.45) is 9.98 Å². The Morgan fingerprint density at radius 3 is 3.33 bits per heavy atom. The van der Waals surface area contributed by atoms with Gasteiger partial charge in [-0.3, -0.25) is 14.8 Å². The topological polar surface area (TPSA) is 70.5 Å². The lowest BCUT2D eigenvalue weighted by Crippen LogP contribution is -2.46. The smallest absolute Gasteiger partial charge is 0.278 e. The predicted molar refractivity (Wildman–Crippen MR) is 41.5 cm³/mol. The van der Waals surface area contributed by atoms with E-state index in [4.69, 9.17) is 0 Å². The largest absolute Gasteiger partial charge is 0.311 e. The molecule has 2 heterocycles. The van der Waals surface area contributed by atoms with Crippen molar-refractivity contribution in [2.45, 2.75) is 13.0 Å². The number of aromatic nitrogens is 2. The van der Waals surface area contributed by atoms with Gasteiger partial charge >= 0.3 is 0 Å². The zero-order valence-corrected chi connectivity index (χ0v) is 6.61. The highest BCUT2D eigenvalue weighted by Crippen LogP contribution is 1.87. The van der Waals surface area contributed by atoms with E-state index in [1.165, 1.54) is 6.33 Å². The molecule has 0 radical (unpaired) electrons. The monoisotopic (exact) mass is 164 g/mol. The van der Waals surface area contributed by atoms with Gasteiger partial charge < -0.3 is 4.98 Å². The fourth-order valence-electron chi connectivity index (χ4n) is 1.09. The third-order valence-corrected chi connectivity index (χ3v) is 1.66. The Labute approximate surface area is 67.9 Å². The summed E-state index contributed by atoms with van der Waals surface area (Å²) in [6, 6.07) is 0.0859. The highest BCUT2D eigenvalue weighted by atomic mass is 16.1. The fraction of sp³-hybridized carbons (Fsp3) is 0.429. The first-order chi connectivity index (χ1) is 5.77. The van der Waals surface area contributed by atoms with Crippen molar-refractivity contribution >= 4 is 0 Å². The van der Waals surface area contributed by atoms with E-state index in [0.29, 0.717) is 17.4 Å². The minimum absolute atomic E-state index is 0.0859. The molecule has 0 bridgehead atoms. The minimum atomic E-state index is -0.213. The Bertz CT molecular complexity index is 461. The lowest BCUT2D eigenvalue weighted by Gasteiger charge is -2.04. The Hall–Kier alpha value is -1.52. The molecule has 1 aromatic heterocycles. The van der Waals surface area contributed by atoms with Crippen LogP contribution in [0.15, 0.2) is 21.1 Å². The summed E-state index contributed by atoms with van der Waals surface area (Å²) in [6.07, 6.45) is 1.34. The van der Waals surface area contributed by atoms with Crippen LogP contribution in [0.5, 0.6) is 0 Å². The molecule has 1 N–H and O–H groups in total. The van der Waals surface area contributed by atoms with Crippen LogP contribution in [0.3, 0.4) is 0 Å². The van der Waals surface area contributed by atoms with Crippen LogP contribution in [0.25, 0.3) is 0 Å². The van der Waals surface area contributed by atoms with Crippen molar-refractivity contribution in [3.63, 3.8) is 0 Å². The second-order valence-electron chi connectivity index (χ2n) is 2.72. The Morgan fingerprint density at radius 2 is 2.50 bits per heavy atom. The van der Waals surface area contributed by atoms with Crippen molar-refractivity contribution in [3.05, 3.63) is 27.5 Å². The second kappa shape index (κ2) is 2.51. The number of H-pyrrole nitrogens is 1. The van der Waals surface area contributed by atoms with E-state index >= 15 is 0 Å². The molecule has 0 unspecified atom stereocenters. The number of nitrogens with one attached hydrogen (secondary N) is 1. The third-order valence-electron chi connectivity index (χ3n) is 1.66. The quantitative estimate of drug-likeness (QED) is 0.502. The standard InChI is InChI=1S/C7H8N4O/c1-4-2-8-6-5(11-4)7(12)10-3-9-6/h3-4H,2H2,1H3,(H,8,9,10,12)/t4-/m1/s1. The summed E-state index contributed by atoms with van der Waals surface area (Å²) in [4.78, 5) is 25.8. The van der Waals surface area contributed by atoms with Crippen LogP contribution < -0.4 is 16.4 Å². The van der Waals surface area contributed by atoms with Crippen LogP contribution in [0, 0.1) is 0 Å². The summed E-state index contributed by atoms with van der Waals surface area (Å²) in [6.45, 7) is 2.53. The number of hydrogen-bond donors (Lipinski definition) is 1. The van der Waals surface area contributed by atoms with Crippen LogP contribution in [0.4, 0.5) is 0 Å². The predicted octanol–water partition coefficient (Wildman–Crippen LogP) is -1.59. The Balaban J connectivity index is 2.89. The Morgan fingerprint density at radius 1 is 1.67 bits per heavy atom. The molecular weight excluding hydrogens is 156 g/mol. The van der Waals surface area contributed by atoms with Crippen LogP contribution in [-0.2, 0) is 0 Å². The molecule has 2 rings (SSSR count). The summed E-state index contributed by atoms with van der Waals surface area (Å²) in [5.74, 6) is 0. The summed E-state index contributed by atoms with van der Waals surface area (Å²) in [5, 5.41) is 0.358. The van der Waals surface area contributed by atoms with E-state index in [9.17, 15) is 4.79 Å². The van der Waals surface area contributed by atoms with Gasteiger partial charge in [0.15, 0.2) is 10.8 Å². The summed E-state index contributed by atoms with van der Waals surface area (Å²) < 4.78 is 0. The molecule has 5 nitrogen and oxygen atoms in total. The van der Waals surface area contributed by atoms with Gasteiger partial charge in [0.05, 0.1) is 18.9 Å². The van der Waals surface area contributed by atoms with E-state index in [1.54, 1.807) is 0 Å². The number of hydrogen-bond acceptors (Lipinski definition) is 4. The number of fused-ring (bicyclic) bond motifs is 1. The average Bonchev–Trinajstić information content (AvgIpc) is 2.07. The fourth-order valence-corrected chi connectivity index (χ4v) is 1.09. The zero-order valence-electron chi connectivity index (χ0n) is 6.61. The molecular formula is C7H8N4O. The summed E-state index contributed by atoms with van der Waals surface area (Å²) in [7, 11) is 0. The maximum Gasteiger partial charge on any atom is 0.278 e. The number of aromatic amines is 1. The van der Waals surface area contributed by atoms with E-state index in [1.807, 2.05) is 6.92 Å². The van der Waals surface area contributed by atoms with Crippen LogP contribution in [0.2, 0.25) is 0 Å². The lowest BCUT2D eigenvalue weighted by atomic mass is 10.3. The van der Waals surface area contributed by atoms with Gasteiger partial charge in [0.1, 0.15) is 0 Å². The molecule has 0 amide bonds. The van der Waals surface area contributed by atoms with Crippen molar-refractivity contribution in [2.75, 3.05) is 6.54 Å². The van der Waals surface area contributed by atoms with Gasteiger partial charge in [-0.2, -0.15) is 0 Å². The molecule has 12 heavy (non-hydrogen) atoms. The van der Waals surface area contributed by atoms with Gasteiger partial charge in [0, 0.05) is 0 Å². The molecule has 0 saturated carbocycles. The van der Waals surface area contributed by atoms with Crippen LogP contribution in [-0.4, -0.2) is 22.6 Å². The molecule has 62 valence electrons. The highest BCUT2D eigenvalue weighted by Gasteiger charge is 2.05. The Kier molecular flexibility index (Phi) is 1.49. The SMILES string of the molecule is C[C@@H]1CN=c2nc[nH]c(=O)c2=N1. The molecule has 5 heteroatoms. The molecule has 1 aliphatic rings. The number of nitrogens with zero attached hydrogens (tertiary/aromatic N) is 3. The normalized spacial score (nSPS) is 20.6. The van der Waals surface area contributed by atoms with Crippen LogP contribution in [0.1, 0.15) is 6.92 Å². The van der Waals surface area contributed by atoms with Gasteiger partial charge in [-0.1, -0.05) is 0 Å². The number of rotatable bonds is 0. The molecule has 1 aromatic rings. The molecule has 0 aliphatic carbocycles. The molecule has 1 atom stereocenters. The third kappa shape index (κ3) is 1.03. The highest BCUT2D eigenvalue weighted by molar-refractivity contribution is 4.86. The maximum atomic E-state index is 11.2. The average molecular weight is 164 g/mol. The van der Waals surface area contributed by atoms with Gasteiger partial charge in [0.2, 0.25) is 0 Å². The lowest BCUT2D eigenvalue weighted by molar-refractivity contribution is 0.673. The van der Waals surface area contributed by atoms with Crippen molar-refractivity contribution in [1.29, 1.82) is 0 Å². The molecule has 0 fully saturated rings. The maximum absolute atomic E-state index is 11.2. The van der Waals surface area contributed by atoms with Crippen LogP contribution >= 0.6 is 0 Å². The summed E-state index contributed by atoms with van der Waals surface area (Å²) >= 11 is 0. The molecule has 0 aromatic carbocycles. The van der Waals surface area contributed by atoms with Crippen molar-refractivity contribution in [1.82, 2.24) is 9.97 Å². The van der Waals surface area contributed by atoms with E-state index in [-0.39, 0.29) is 11.6 Å². The van der Waals surface area contributed by atoms with E-state index in [2.05, 4.69) is 20.0 Å². The van der Waals surface area contributed by atoms with Gasteiger partial charge in [-0.05, 0) is 6.92 Å². The minimum Gasteiger partial charge on any atom is -0.311 e. The molecule has 1 aliphatic heterocycles. The van der Waals surface area contributed by atoms with E-state index < -0.39 is 0 Å². The molecule has 0 saturated heterocycles. The van der Waals surface area contributed by atoms with Crippen molar-refractivity contribution < 1.29 is 0 Å². The second-order valence-corrected chi connectivity index (χ2v) is 2.72. The van der Waals surface area contributed by atoms with Gasteiger partial charge in [-0.25, -0.2) is 4.98 Å². The first-order valence-corrected chi connectivity index (χ1v) is 3.73. The summed E-state index contributed by atoms with van der Waals surface area (Å²) in [5.41, 5.74) is 0.243. The van der Waals surface area contributed by atoms with Crippen molar-refractivity contribution in [3.8, 4) is 0 Å². The first-order valence-electron chi connectivity index (χ1n) is 3.73. The van der Waals surface area contributed by atoms with E-state index in [0.717, 1.165) is 0 Å².